The molecule has 1 amide bonds. The van der Waals surface area contributed by atoms with Crippen molar-refractivity contribution in [3.8, 4) is 0 Å². The zero-order valence-corrected chi connectivity index (χ0v) is 10.9. The van der Waals surface area contributed by atoms with Gasteiger partial charge < -0.3 is 10.1 Å². The summed E-state index contributed by atoms with van der Waals surface area (Å²) < 4.78 is 0.851. The number of halogens is 1. The molecule has 86 valence electrons. The number of oxime groups is 1. The van der Waals surface area contributed by atoms with Gasteiger partial charge in [-0.3, -0.25) is 4.79 Å². The van der Waals surface area contributed by atoms with Crippen molar-refractivity contribution in [2.75, 3.05) is 13.1 Å². The van der Waals surface area contributed by atoms with Gasteiger partial charge in [0.05, 0.1) is 5.71 Å². The molecule has 1 aromatic heterocycles. The second kappa shape index (κ2) is 4.97. The van der Waals surface area contributed by atoms with Crippen LogP contribution < -0.4 is 0 Å². The van der Waals surface area contributed by atoms with E-state index in [1.165, 1.54) is 11.3 Å². The van der Waals surface area contributed by atoms with Crippen molar-refractivity contribution in [3.63, 3.8) is 0 Å². The Morgan fingerprint density at radius 1 is 1.50 bits per heavy atom. The van der Waals surface area contributed by atoms with E-state index in [0.29, 0.717) is 25.9 Å². The Kier molecular flexibility index (Phi) is 3.60. The van der Waals surface area contributed by atoms with Crippen molar-refractivity contribution in [2.24, 2.45) is 5.16 Å². The van der Waals surface area contributed by atoms with Crippen LogP contribution in [0.5, 0.6) is 0 Å². The molecule has 4 nitrogen and oxygen atoms in total. The Hall–Kier alpha value is -0.880. The fraction of sp³-hybridized carbons (Fsp3) is 0.400. The van der Waals surface area contributed by atoms with Crippen LogP contribution in [0.3, 0.4) is 0 Å². The summed E-state index contributed by atoms with van der Waals surface area (Å²) in [6, 6.07) is 1.88. The van der Waals surface area contributed by atoms with Crippen LogP contribution in [0.2, 0.25) is 0 Å². The van der Waals surface area contributed by atoms with Crippen LogP contribution in [0.15, 0.2) is 21.1 Å². The highest BCUT2D eigenvalue weighted by molar-refractivity contribution is 9.10. The van der Waals surface area contributed by atoms with Crippen molar-refractivity contribution >= 4 is 38.9 Å². The highest BCUT2D eigenvalue weighted by atomic mass is 79.9. The summed E-state index contributed by atoms with van der Waals surface area (Å²) >= 11 is 4.80. The van der Waals surface area contributed by atoms with Gasteiger partial charge in [-0.15, -0.1) is 11.3 Å². The first-order chi connectivity index (χ1) is 7.72. The topological polar surface area (TPSA) is 52.9 Å². The number of amides is 1. The van der Waals surface area contributed by atoms with Gasteiger partial charge in [0.2, 0.25) is 0 Å². The van der Waals surface area contributed by atoms with E-state index in [1.54, 1.807) is 4.90 Å². The molecule has 2 heterocycles. The maximum Gasteiger partial charge on any atom is 0.265 e. The maximum atomic E-state index is 12.1. The van der Waals surface area contributed by atoms with Crippen LogP contribution in [-0.4, -0.2) is 34.8 Å². The number of rotatable bonds is 1. The fourth-order valence-corrected chi connectivity index (χ4v) is 3.17. The predicted molar refractivity (Wildman–Crippen MR) is 66.4 cm³/mol. The molecule has 0 bridgehead atoms. The summed E-state index contributed by atoms with van der Waals surface area (Å²) in [5.74, 6) is 0.0545. The van der Waals surface area contributed by atoms with Gasteiger partial charge in [-0.2, -0.15) is 0 Å². The average molecular weight is 303 g/mol. The Balaban J connectivity index is 2.05. The highest BCUT2D eigenvalue weighted by Gasteiger charge is 2.23. The number of likely N-dealkylation sites (tertiary alicyclic amines) is 1. The number of nitrogens with zero attached hydrogens (tertiary/aromatic N) is 2. The largest absolute Gasteiger partial charge is 0.411 e. The molecule has 1 fully saturated rings. The van der Waals surface area contributed by atoms with E-state index < -0.39 is 0 Å². The minimum absolute atomic E-state index is 0.0545. The van der Waals surface area contributed by atoms with E-state index in [9.17, 15) is 4.79 Å². The quantitative estimate of drug-likeness (QED) is 0.640. The van der Waals surface area contributed by atoms with Crippen molar-refractivity contribution < 1.29 is 10.0 Å². The third-order valence-corrected chi connectivity index (χ3v) is 4.41. The molecule has 0 unspecified atom stereocenters. The number of hydrogen-bond donors (Lipinski definition) is 1. The Bertz CT molecular complexity index is 420. The number of thiophene rings is 1. The molecule has 16 heavy (non-hydrogen) atoms. The van der Waals surface area contributed by atoms with Gasteiger partial charge in [-0.25, -0.2) is 0 Å². The summed E-state index contributed by atoms with van der Waals surface area (Å²) in [5.41, 5.74) is 0.772. The first-order valence-corrected chi connectivity index (χ1v) is 6.61. The molecular formula is C10H11BrN2O2S. The lowest BCUT2D eigenvalue weighted by Crippen LogP contribution is -2.38. The van der Waals surface area contributed by atoms with Crippen molar-refractivity contribution in [1.82, 2.24) is 4.90 Å². The van der Waals surface area contributed by atoms with Crippen molar-refractivity contribution in [2.45, 2.75) is 12.8 Å². The summed E-state index contributed by atoms with van der Waals surface area (Å²) in [6.07, 6.45) is 1.32. The second-order valence-electron chi connectivity index (χ2n) is 3.56. The molecule has 6 heteroatoms. The monoisotopic (exact) mass is 302 g/mol. The highest BCUT2D eigenvalue weighted by Crippen LogP contribution is 2.25. The van der Waals surface area contributed by atoms with E-state index in [4.69, 9.17) is 5.21 Å². The van der Waals surface area contributed by atoms with Gasteiger partial charge in [-0.1, -0.05) is 5.16 Å². The van der Waals surface area contributed by atoms with Crippen LogP contribution in [0.4, 0.5) is 0 Å². The summed E-state index contributed by atoms with van der Waals surface area (Å²) in [7, 11) is 0. The second-order valence-corrected chi connectivity index (χ2v) is 5.33. The van der Waals surface area contributed by atoms with Gasteiger partial charge in [0.15, 0.2) is 0 Å². The van der Waals surface area contributed by atoms with Crippen LogP contribution >= 0.6 is 27.3 Å². The van der Waals surface area contributed by atoms with Crippen LogP contribution in [0.25, 0.3) is 0 Å². The molecule has 1 N–H and O–H groups in total. The number of carbonyl (C=O) groups excluding carboxylic acids is 1. The number of carbonyl (C=O) groups is 1. The standard InChI is InChI=1S/C10H11BrN2O2S/c11-8-3-6-16-9(8)10(14)13-4-1-7(12-15)2-5-13/h3,6,15H,1-2,4-5H2. The van der Waals surface area contributed by atoms with E-state index in [2.05, 4.69) is 21.1 Å². The number of piperidine rings is 1. The third-order valence-electron chi connectivity index (χ3n) is 2.58. The normalized spacial score (nSPS) is 16.3. The zero-order chi connectivity index (χ0) is 11.5. The molecule has 0 aliphatic carbocycles. The van der Waals surface area contributed by atoms with E-state index >= 15 is 0 Å². The maximum absolute atomic E-state index is 12.1. The molecule has 0 aromatic carbocycles. The summed E-state index contributed by atoms with van der Waals surface area (Å²) in [4.78, 5) is 14.6. The average Bonchev–Trinajstić information content (AvgIpc) is 2.75. The molecule has 1 saturated heterocycles. The van der Waals surface area contributed by atoms with E-state index in [1.807, 2.05) is 11.4 Å². The van der Waals surface area contributed by atoms with Crippen LogP contribution in [0, 0.1) is 0 Å². The summed E-state index contributed by atoms with van der Waals surface area (Å²) in [5, 5.41) is 13.7. The lowest BCUT2D eigenvalue weighted by molar-refractivity contribution is 0.0758. The predicted octanol–water partition coefficient (Wildman–Crippen LogP) is 2.58. The molecular weight excluding hydrogens is 292 g/mol. The smallest absolute Gasteiger partial charge is 0.265 e. The molecule has 2 rings (SSSR count). The third kappa shape index (κ3) is 2.27. The Labute approximate surface area is 106 Å². The van der Waals surface area contributed by atoms with Crippen LogP contribution in [0.1, 0.15) is 22.5 Å². The van der Waals surface area contributed by atoms with Gasteiger partial charge in [-0.05, 0) is 27.4 Å². The minimum Gasteiger partial charge on any atom is -0.411 e. The van der Waals surface area contributed by atoms with Crippen molar-refractivity contribution in [1.29, 1.82) is 0 Å². The van der Waals surface area contributed by atoms with E-state index in [0.717, 1.165) is 15.1 Å². The molecule has 1 aliphatic rings. The lowest BCUT2D eigenvalue weighted by atomic mass is 10.1. The van der Waals surface area contributed by atoms with Gasteiger partial charge in [0, 0.05) is 30.4 Å². The van der Waals surface area contributed by atoms with Gasteiger partial charge in [0.25, 0.3) is 5.91 Å². The fourth-order valence-electron chi connectivity index (χ4n) is 1.66. The Morgan fingerprint density at radius 2 is 2.19 bits per heavy atom. The van der Waals surface area contributed by atoms with E-state index in [-0.39, 0.29) is 5.91 Å². The number of hydrogen-bond acceptors (Lipinski definition) is 4. The molecule has 0 saturated carbocycles. The molecule has 1 aromatic rings. The first-order valence-electron chi connectivity index (χ1n) is 4.94. The molecule has 0 radical (unpaired) electrons. The molecule has 0 spiro atoms. The van der Waals surface area contributed by atoms with Crippen molar-refractivity contribution in [3.05, 3.63) is 20.8 Å². The Morgan fingerprint density at radius 3 is 2.69 bits per heavy atom. The summed E-state index contributed by atoms with van der Waals surface area (Å²) in [6.45, 7) is 1.26. The first kappa shape index (κ1) is 11.6. The van der Waals surface area contributed by atoms with Crippen LogP contribution in [-0.2, 0) is 0 Å². The van der Waals surface area contributed by atoms with Gasteiger partial charge >= 0.3 is 0 Å². The lowest BCUT2D eigenvalue weighted by Gasteiger charge is -2.26. The zero-order valence-electron chi connectivity index (χ0n) is 8.52. The molecule has 0 atom stereocenters. The molecule has 1 aliphatic heterocycles. The van der Waals surface area contributed by atoms with Gasteiger partial charge in [0.1, 0.15) is 4.88 Å². The minimum atomic E-state index is 0.0545. The SMILES string of the molecule is O=C(c1sccc1Br)N1CCC(=NO)CC1.